The van der Waals surface area contributed by atoms with Gasteiger partial charge in [-0.25, -0.2) is 4.79 Å². The van der Waals surface area contributed by atoms with E-state index >= 15 is 0 Å². The van der Waals surface area contributed by atoms with Crippen molar-refractivity contribution in [2.45, 2.75) is 44.9 Å². The molecule has 0 amide bonds. The molecule has 2 unspecified atom stereocenters. The van der Waals surface area contributed by atoms with Crippen LogP contribution in [-0.2, 0) is 30.4 Å². The second-order valence-electron chi connectivity index (χ2n) is 5.61. The van der Waals surface area contributed by atoms with Crippen molar-refractivity contribution in [3.8, 4) is 5.75 Å². The van der Waals surface area contributed by atoms with Gasteiger partial charge in [-0.3, -0.25) is 19.6 Å². The second-order valence-corrected chi connectivity index (χ2v) is 5.61. The van der Waals surface area contributed by atoms with Crippen molar-refractivity contribution < 1.29 is 38.6 Å². The molecule has 26 heavy (non-hydrogen) atoms. The van der Waals surface area contributed by atoms with E-state index in [9.17, 15) is 19.7 Å². The first kappa shape index (κ1) is 19.6. The number of methoxy groups -OCH3 is 1. The fourth-order valence-electron chi connectivity index (χ4n) is 2.61. The van der Waals surface area contributed by atoms with Gasteiger partial charge in [-0.1, -0.05) is 6.07 Å². The van der Waals surface area contributed by atoms with Gasteiger partial charge >= 0.3 is 23.4 Å². The van der Waals surface area contributed by atoms with Crippen LogP contribution in [0.25, 0.3) is 0 Å². The molecule has 0 bridgehead atoms. The molecule has 0 aliphatic carbocycles. The van der Waals surface area contributed by atoms with Crippen molar-refractivity contribution in [2.75, 3.05) is 7.11 Å². The lowest BCUT2D eigenvalue weighted by atomic mass is 10.0. The van der Waals surface area contributed by atoms with E-state index in [0.29, 0.717) is 18.4 Å². The van der Waals surface area contributed by atoms with E-state index in [-0.39, 0.29) is 24.5 Å². The number of nitro benzene ring substituents is 1. The molecule has 10 nitrogen and oxygen atoms in total. The number of ether oxygens (including phenoxy) is 4. The van der Waals surface area contributed by atoms with Gasteiger partial charge in [0.1, 0.15) is 0 Å². The van der Waals surface area contributed by atoms with Crippen molar-refractivity contribution in [2.24, 2.45) is 0 Å². The number of aliphatic hydroxyl groups is 1. The van der Waals surface area contributed by atoms with E-state index in [1.54, 1.807) is 0 Å². The van der Waals surface area contributed by atoms with Gasteiger partial charge in [-0.15, -0.1) is 0 Å². The Bertz CT molecular complexity index is 705. The highest BCUT2D eigenvalue weighted by atomic mass is 16.8. The zero-order chi connectivity index (χ0) is 19.3. The van der Waals surface area contributed by atoms with Crippen LogP contribution in [-0.4, -0.2) is 41.2 Å². The van der Waals surface area contributed by atoms with E-state index in [2.05, 4.69) is 4.74 Å². The van der Waals surface area contributed by atoms with E-state index < -0.39 is 28.9 Å². The number of hydrogen-bond donors (Lipinski definition) is 1. The predicted molar refractivity (Wildman–Crippen MR) is 84.9 cm³/mol. The van der Waals surface area contributed by atoms with Crippen LogP contribution in [0, 0.1) is 10.1 Å². The number of esters is 2. The molecule has 1 N–H and O–H groups in total. The van der Waals surface area contributed by atoms with Crippen LogP contribution in [0.15, 0.2) is 18.2 Å². The smallest absolute Gasteiger partial charge is 0.379 e. The zero-order valence-corrected chi connectivity index (χ0v) is 14.3. The summed E-state index contributed by atoms with van der Waals surface area (Å²) in [6.45, 7) is 0.760. The first-order valence-corrected chi connectivity index (χ1v) is 7.82. The van der Waals surface area contributed by atoms with E-state index in [1.165, 1.54) is 18.2 Å². The van der Waals surface area contributed by atoms with E-state index in [0.717, 1.165) is 14.0 Å². The third-order valence-corrected chi connectivity index (χ3v) is 3.73. The van der Waals surface area contributed by atoms with Crippen LogP contribution in [0.4, 0.5) is 5.69 Å². The molecule has 0 radical (unpaired) electrons. The topological polar surface area (TPSA) is 134 Å². The van der Waals surface area contributed by atoms with E-state index in [4.69, 9.17) is 19.3 Å². The summed E-state index contributed by atoms with van der Waals surface area (Å²) in [7, 11) is 1.12. The zero-order valence-electron chi connectivity index (χ0n) is 14.3. The molecule has 2 atom stereocenters. The standard InChI is InChI=1S/C16H19NO9/c1-10(19)25-16(15(20)23-2)7-3-4-14(26-16)24-13-6-5-11(9-18)8-12(13)17(21)22/h5-6,8,14,18H,3-4,7,9H2,1-2H3. The van der Waals surface area contributed by atoms with Gasteiger partial charge in [0.05, 0.1) is 18.6 Å². The van der Waals surface area contributed by atoms with Gasteiger partial charge in [0.25, 0.3) is 0 Å². The Morgan fingerprint density at radius 3 is 2.77 bits per heavy atom. The normalized spacial score (nSPS) is 22.3. The van der Waals surface area contributed by atoms with Crippen LogP contribution < -0.4 is 4.74 Å². The fraction of sp³-hybridized carbons (Fsp3) is 0.500. The summed E-state index contributed by atoms with van der Waals surface area (Å²) in [6, 6.07) is 3.97. The molecular formula is C16H19NO9. The molecule has 0 saturated carbocycles. The Morgan fingerprint density at radius 1 is 1.46 bits per heavy atom. The van der Waals surface area contributed by atoms with Gasteiger partial charge in [0, 0.05) is 25.8 Å². The average molecular weight is 369 g/mol. The molecule has 1 saturated heterocycles. The number of aliphatic hydroxyl groups excluding tert-OH is 1. The van der Waals surface area contributed by atoms with Gasteiger partial charge in [-0.05, 0) is 18.1 Å². The van der Waals surface area contributed by atoms with Crippen LogP contribution in [0.2, 0.25) is 0 Å². The summed E-state index contributed by atoms with van der Waals surface area (Å²) in [6.07, 6.45) is -0.278. The highest BCUT2D eigenvalue weighted by Crippen LogP contribution is 2.35. The monoisotopic (exact) mass is 369 g/mol. The summed E-state index contributed by atoms with van der Waals surface area (Å²) in [4.78, 5) is 34.0. The molecule has 1 fully saturated rings. The molecule has 142 valence electrons. The van der Waals surface area contributed by atoms with Crippen molar-refractivity contribution >= 4 is 17.6 Å². The number of nitro groups is 1. The number of nitrogens with zero attached hydrogens (tertiary/aromatic N) is 1. The average Bonchev–Trinajstić information content (AvgIpc) is 2.60. The molecule has 1 aromatic rings. The lowest BCUT2D eigenvalue weighted by Crippen LogP contribution is -2.52. The molecule has 2 rings (SSSR count). The molecule has 0 aromatic heterocycles. The molecule has 0 spiro atoms. The quantitative estimate of drug-likeness (QED) is 0.449. The van der Waals surface area contributed by atoms with Crippen LogP contribution in [0.3, 0.4) is 0 Å². The minimum atomic E-state index is -1.96. The number of hydrogen-bond acceptors (Lipinski definition) is 9. The Hall–Kier alpha value is -2.72. The van der Waals surface area contributed by atoms with Crippen molar-refractivity contribution in [1.82, 2.24) is 0 Å². The lowest BCUT2D eigenvalue weighted by molar-refractivity contribution is -0.387. The highest BCUT2D eigenvalue weighted by molar-refractivity contribution is 5.81. The first-order valence-electron chi connectivity index (χ1n) is 7.82. The Labute approximate surface area is 148 Å². The van der Waals surface area contributed by atoms with Gasteiger partial charge in [-0.2, -0.15) is 0 Å². The van der Waals surface area contributed by atoms with Crippen molar-refractivity contribution in [3.05, 3.63) is 33.9 Å². The largest absolute Gasteiger partial charge is 0.464 e. The number of rotatable bonds is 6. The van der Waals surface area contributed by atoms with Crippen LogP contribution in [0.1, 0.15) is 31.7 Å². The minimum absolute atomic E-state index is 0.0741. The van der Waals surface area contributed by atoms with Crippen molar-refractivity contribution in [3.63, 3.8) is 0 Å². The molecule has 1 aliphatic rings. The second kappa shape index (κ2) is 8.11. The first-order chi connectivity index (χ1) is 12.3. The summed E-state index contributed by atoms with van der Waals surface area (Å²) in [5.74, 6) is -3.69. The van der Waals surface area contributed by atoms with Gasteiger partial charge in [0.15, 0.2) is 5.75 Å². The number of carbonyl (C=O) groups excluding carboxylic acids is 2. The predicted octanol–water partition coefficient (Wildman–Crippen LogP) is 1.42. The molecular weight excluding hydrogens is 350 g/mol. The maximum absolute atomic E-state index is 12.1. The maximum atomic E-state index is 12.1. The Morgan fingerprint density at radius 2 is 2.19 bits per heavy atom. The van der Waals surface area contributed by atoms with Gasteiger partial charge < -0.3 is 19.3 Å². The SMILES string of the molecule is COC(=O)C1(OC(C)=O)CCCC(Oc2ccc(CO)cc2[N+](=O)[O-])O1. The molecule has 1 heterocycles. The molecule has 1 aromatic carbocycles. The van der Waals surface area contributed by atoms with Crippen LogP contribution >= 0.6 is 0 Å². The molecule has 1 aliphatic heterocycles. The maximum Gasteiger partial charge on any atom is 0.379 e. The van der Waals surface area contributed by atoms with Crippen LogP contribution in [0.5, 0.6) is 5.75 Å². The summed E-state index contributed by atoms with van der Waals surface area (Å²) >= 11 is 0. The summed E-state index contributed by atoms with van der Waals surface area (Å²) in [5.41, 5.74) is -0.0145. The fourth-order valence-corrected chi connectivity index (χ4v) is 2.61. The van der Waals surface area contributed by atoms with E-state index in [1.807, 2.05) is 0 Å². The van der Waals surface area contributed by atoms with Gasteiger partial charge in [0.2, 0.25) is 6.29 Å². The number of benzene rings is 1. The number of carbonyl (C=O) groups is 2. The molecule has 10 heteroatoms. The van der Waals surface area contributed by atoms with Crippen molar-refractivity contribution in [1.29, 1.82) is 0 Å². The lowest BCUT2D eigenvalue weighted by Gasteiger charge is -2.37. The minimum Gasteiger partial charge on any atom is -0.464 e. The summed E-state index contributed by atoms with van der Waals surface area (Å²) < 4.78 is 20.7. The Balaban J connectivity index is 2.26. The third-order valence-electron chi connectivity index (χ3n) is 3.73. The summed E-state index contributed by atoms with van der Waals surface area (Å²) in [5, 5.41) is 20.3. The highest BCUT2D eigenvalue weighted by Gasteiger charge is 2.49. The third kappa shape index (κ3) is 4.27. The Kier molecular flexibility index (Phi) is 6.11.